The van der Waals surface area contributed by atoms with Gasteiger partial charge in [-0.1, -0.05) is 19.3 Å². The molecule has 0 spiro atoms. The lowest BCUT2D eigenvalue weighted by molar-refractivity contribution is 0.0686. The number of methoxy groups -OCH3 is 2. The molecule has 2 saturated carbocycles. The van der Waals surface area contributed by atoms with E-state index in [1.165, 1.54) is 20.6 Å². The number of hydrogen-bond donors (Lipinski definition) is 1. The Morgan fingerprint density at radius 2 is 1.48 bits per heavy atom. The Bertz CT molecular complexity index is 616. The normalized spacial score (nSPS) is 18.7. The minimum Gasteiger partial charge on any atom is -0.495 e. The predicted molar refractivity (Wildman–Crippen MR) is 84.3 cm³/mol. The van der Waals surface area contributed by atoms with Gasteiger partial charge in [-0.15, -0.1) is 0 Å². The van der Waals surface area contributed by atoms with E-state index in [2.05, 4.69) is 0 Å². The molecule has 0 saturated heterocycles. The van der Waals surface area contributed by atoms with Gasteiger partial charge in [0.15, 0.2) is 11.6 Å². The van der Waals surface area contributed by atoms with E-state index in [9.17, 15) is 14.3 Å². The molecule has 1 aromatic rings. The Labute approximate surface area is 135 Å². The first-order valence-electron chi connectivity index (χ1n) is 8.30. The molecule has 5 heteroatoms. The predicted octanol–water partition coefficient (Wildman–Crippen LogP) is 4.47. The number of carboxylic acid groups (broad SMARTS) is 1. The summed E-state index contributed by atoms with van der Waals surface area (Å²) in [5.74, 6) is -1.33. The highest BCUT2D eigenvalue weighted by Crippen LogP contribution is 2.54. The molecule has 1 N–H and O–H groups in total. The minimum absolute atomic E-state index is 0.108. The zero-order valence-corrected chi connectivity index (χ0v) is 13.7. The Balaban J connectivity index is 2.27. The average Bonchev–Trinajstić information content (AvgIpc) is 3.38. The summed E-state index contributed by atoms with van der Waals surface area (Å²) in [7, 11) is 2.84. The van der Waals surface area contributed by atoms with E-state index in [4.69, 9.17) is 9.47 Å². The largest absolute Gasteiger partial charge is 0.495 e. The second-order valence-electron chi connectivity index (χ2n) is 6.50. The van der Waals surface area contributed by atoms with Gasteiger partial charge in [0.05, 0.1) is 14.2 Å². The first kappa shape index (κ1) is 16.1. The molecule has 4 nitrogen and oxygen atoms in total. The van der Waals surface area contributed by atoms with Crippen LogP contribution >= 0.6 is 0 Å². The summed E-state index contributed by atoms with van der Waals surface area (Å²) in [5, 5.41) is 9.45. The summed E-state index contributed by atoms with van der Waals surface area (Å²) in [6, 6.07) is 0. The third-order valence-electron chi connectivity index (χ3n) is 5.05. The molecule has 0 unspecified atom stereocenters. The molecule has 23 heavy (non-hydrogen) atoms. The van der Waals surface area contributed by atoms with E-state index in [-0.39, 0.29) is 23.3 Å². The van der Waals surface area contributed by atoms with Crippen molar-refractivity contribution in [3.63, 3.8) is 0 Å². The molecule has 0 radical (unpaired) electrons. The monoisotopic (exact) mass is 322 g/mol. The van der Waals surface area contributed by atoms with E-state index in [1.54, 1.807) is 0 Å². The number of carboxylic acids is 1. The van der Waals surface area contributed by atoms with Gasteiger partial charge in [-0.3, -0.25) is 0 Å². The molecule has 0 atom stereocenters. The highest BCUT2D eigenvalue weighted by Gasteiger charge is 2.39. The summed E-state index contributed by atoms with van der Waals surface area (Å²) in [6.07, 6.45) is 7.39. The summed E-state index contributed by atoms with van der Waals surface area (Å²) < 4.78 is 25.6. The summed E-state index contributed by atoms with van der Waals surface area (Å²) in [5.41, 5.74) is 1.33. The van der Waals surface area contributed by atoms with Gasteiger partial charge in [0.2, 0.25) is 0 Å². The fraction of sp³-hybridized carbons (Fsp3) is 0.611. The van der Waals surface area contributed by atoms with Crippen LogP contribution in [0.25, 0.3) is 0 Å². The lowest BCUT2D eigenvalue weighted by atomic mass is 9.79. The number of carbonyl (C=O) groups is 1. The van der Waals surface area contributed by atoms with E-state index in [0.717, 1.165) is 49.7 Å². The van der Waals surface area contributed by atoms with Crippen LogP contribution in [0.1, 0.15) is 78.3 Å². The van der Waals surface area contributed by atoms with Gasteiger partial charge < -0.3 is 14.6 Å². The Morgan fingerprint density at radius 3 is 1.96 bits per heavy atom. The number of rotatable bonds is 5. The van der Waals surface area contributed by atoms with Crippen molar-refractivity contribution >= 4 is 5.97 Å². The van der Waals surface area contributed by atoms with Crippen molar-refractivity contribution < 1.29 is 23.8 Å². The van der Waals surface area contributed by atoms with Crippen LogP contribution in [-0.2, 0) is 0 Å². The van der Waals surface area contributed by atoms with Crippen molar-refractivity contribution in [1.29, 1.82) is 0 Å². The molecule has 1 aromatic carbocycles. The number of halogens is 1. The van der Waals surface area contributed by atoms with E-state index < -0.39 is 17.3 Å². The molecule has 0 aromatic heterocycles. The standard InChI is InChI=1S/C18H23FO4/c1-22-16-12(11-8-9-11)13(10-6-4-3-5-7-10)17(23-2)15(19)14(16)18(20)21/h10-11H,3-9H2,1-2H3,(H,20,21). The number of hydrogen-bond acceptors (Lipinski definition) is 3. The van der Waals surface area contributed by atoms with Crippen molar-refractivity contribution in [2.75, 3.05) is 14.2 Å². The van der Waals surface area contributed by atoms with Crippen LogP contribution < -0.4 is 9.47 Å². The van der Waals surface area contributed by atoms with Crippen LogP contribution in [-0.4, -0.2) is 25.3 Å². The van der Waals surface area contributed by atoms with Gasteiger partial charge >= 0.3 is 5.97 Å². The molecule has 0 heterocycles. The van der Waals surface area contributed by atoms with Crippen LogP contribution in [0.3, 0.4) is 0 Å². The average molecular weight is 322 g/mol. The SMILES string of the molecule is COc1c(F)c(C(=O)O)c(OC)c(C2CC2)c1C1CCCCC1. The fourth-order valence-electron chi connectivity index (χ4n) is 3.89. The lowest BCUT2D eigenvalue weighted by Crippen LogP contribution is -2.15. The molecular formula is C18H23FO4. The van der Waals surface area contributed by atoms with Gasteiger partial charge in [0.1, 0.15) is 11.3 Å². The van der Waals surface area contributed by atoms with Crippen molar-refractivity contribution in [3.8, 4) is 11.5 Å². The maximum Gasteiger partial charge on any atom is 0.342 e. The molecule has 126 valence electrons. The zero-order chi connectivity index (χ0) is 16.6. The van der Waals surface area contributed by atoms with Crippen molar-refractivity contribution in [3.05, 3.63) is 22.5 Å². The number of aromatic carboxylic acids is 1. The van der Waals surface area contributed by atoms with E-state index in [1.807, 2.05) is 0 Å². The molecule has 0 bridgehead atoms. The van der Waals surface area contributed by atoms with Gasteiger partial charge in [0.25, 0.3) is 0 Å². The third kappa shape index (κ3) is 2.77. The minimum atomic E-state index is -1.31. The Kier molecular flexibility index (Phi) is 4.46. The molecule has 0 amide bonds. The van der Waals surface area contributed by atoms with Crippen LogP contribution in [0, 0.1) is 5.82 Å². The Morgan fingerprint density at radius 1 is 0.957 bits per heavy atom. The Hall–Kier alpha value is -1.78. The van der Waals surface area contributed by atoms with Crippen molar-refractivity contribution in [2.45, 2.75) is 56.8 Å². The second-order valence-corrected chi connectivity index (χ2v) is 6.50. The van der Waals surface area contributed by atoms with E-state index >= 15 is 0 Å². The topological polar surface area (TPSA) is 55.8 Å². The maximum absolute atomic E-state index is 14.9. The molecule has 2 aliphatic carbocycles. The van der Waals surface area contributed by atoms with Gasteiger partial charge in [-0.05, 0) is 37.5 Å². The molecular weight excluding hydrogens is 299 g/mol. The van der Waals surface area contributed by atoms with Crippen LogP contribution in [0.15, 0.2) is 0 Å². The summed E-state index contributed by atoms with van der Waals surface area (Å²) in [4.78, 5) is 11.6. The quantitative estimate of drug-likeness (QED) is 0.869. The van der Waals surface area contributed by atoms with Crippen LogP contribution in [0.2, 0.25) is 0 Å². The summed E-state index contributed by atoms with van der Waals surface area (Å²) in [6.45, 7) is 0. The highest BCUT2D eigenvalue weighted by atomic mass is 19.1. The molecule has 3 rings (SSSR count). The van der Waals surface area contributed by atoms with Crippen molar-refractivity contribution in [2.24, 2.45) is 0 Å². The number of benzene rings is 1. The first-order chi connectivity index (χ1) is 11.1. The van der Waals surface area contributed by atoms with Crippen molar-refractivity contribution in [1.82, 2.24) is 0 Å². The zero-order valence-electron chi connectivity index (χ0n) is 13.7. The van der Waals surface area contributed by atoms with E-state index in [0.29, 0.717) is 0 Å². The summed E-state index contributed by atoms with van der Waals surface area (Å²) >= 11 is 0. The fourth-order valence-corrected chi connectivity index (χ4v) is 3.89. The smallest absolute Gasteiger partial charge is 0.342 e. The van der Waals surface area contributed by atoms with Gasteiger partial charge in [0, 0.05) is 11.1 Å². The van der Waals surface area contributed by atoms with Gasteiger partial charge in [-0.2, -0.15) is 0 Å². The van der Waals surface area contributed by atoms with Gasteiger partial charge in [-0.25, -0.2) is 9.18 Å². The van der Waals surface area contributed by atoms with Crippen LogP contribution in [0.4, 0.5) is 4.39 Å². The van der Waals surface area contributed by atoms with Crippen LogP contribution in [0.5, 0.6) is 11.5 Å². The third-order valence-corrected chi connectivity index (χ3v) is 5.05. The first-order valence-corrected chi connectivity index (χ1v) is 8.30. The number of ether oxygens (including phenoxy) is 2. The second kappa shape index (κ2) is 6.38. The highest BCUT2D eigenvalue weighted by molar-refractivity contribution is 5.93. The molecule has 0 aliphatic heterocycles. The molecule has 2 fully saturated rings. The lowest BCUT2D eigenvalue weighted by Gasteiger charge is -2.28. The maximum atomic E-state index is 14.9. The molecule has 2 aliphatic rings.